The third-order valence-electron chi connectivity index (χ3n) is 15.3. The van der Waals surface area contributed by atoms with Crippen LogP contribution in [0.4, 0.5) is 0 Å². The van der Waals surface area contributed by atoms with Gasteiger partial charge in [-0.2, -0.15) is 12.7 Å². The molecule has 5 amide bonds. The summed E-state index contributed by atoms with van der Waals surface area (Å²) >= 11 is 0. The van der Waals surface area contributed by atoms with E-state index in [4.69, 9.17) is 0 Å². The van der Waals surface area contributed by atoms with Crippen molar-refractivity contribution in [1.82, 2.24) is 34.9 Å². The molecular weight excluding hydrogens is 759 g/mol. The highest BCUT2D eigenvalue weighted by Crippen LogP contribution is 2.88. The molecule has 6 atom stereocenters. The molecule has 2 saturated heterocycles. The largest absolute Gasteiger partial charge is 0.344 e. The predicted octanol–water partition coefficient (Wildman–Crippen LogP) is 3.54. The molecule has 0 aromatic carbocycles. The molecule has 4 saturated carbocycles. The van der Waals surface area contributed by atoms with E-state index in [1.807, 2.05) is 20.8 Å². The second kappa shape index (κ2) is 15.3. The van der Waals surface area contributed by atoms with E-state index in [0.717, 1.165) is 56.9 Å². The molecule has 4 N–H and O–H groups in total. The van der Waals surface area contributed by atoms with Crippen molar-refractivity contribution < 1.29 is 32.4 Å². The third-order valence-corrected chi connectivity index (χ3v) is 16.8. The minimum Gasteiger partial charge on any atom is -0.344 e. The number of aromatic nitrogens is 1. The Kier molecular flexibility index (Phi) is 11.2. The van der Waals surface area contributed by atoms with Crippen molar-refractivity contribution in [2.45, 2.75) is 142 Å². The van der Waals surface area contributed by atoms with Crippen LogP contribution in [0.15, 0.2) is 37.2 Å². The van der Waals surface area contributed by atoms with Crippen molar-refractivity contribution in [1.29, 1.82) is 0 Å². The summed E-state index contributed by atoms with van der Waals surface area (Å²) in [6.07, 6.45) is 14.4. The van der Waals surface area contributed by atoms with Gasteiger partial charge < -0.3 is 20.9 Å². The first-order valence-corrected chi connectivity index (χ1v) is 22.8. The second-order valence-electron chi connectivity index (χ2n) is 19.7. The molecule has 0 unspecified atom stereocenters. The zero-order chi connectivity index (χ0) is 41.9. The Hall–Kier alpha value is -3.85. The Morgan fingerprint density at radius 2 is 1.59 bits per heavy atom. The molecule has 2 aliphatic heterocycles. The van der Waals surface area contributed by atoms with Gasteiger partial charge >= 0.3 is 10.2 Å². The van der Waals surface area contributed by atoms with Crippen LogP contribution in [0.3, 0.4) is 0 Å². The Balaban J connectivity index is 1.15. The van der Waals surface area contributed by atoms with Crippen molar-refractivity contribution >= 4 is 39.7 Å². The number of rotatable bonds is 13. The van der Waals surface area contributed by atoms with Crippen LogP contribution >= 0.6 is 0 Å². The van der Waals surface area contributed by atoms with E-state index >= 15 is 4.79 Å². The molecule has 6 aliphatic rings. The normalized spacial score (nSPS) is 29.8. The number of carbonyl (C=O) groups is 5. The fourth-order valence-corrected chi connectivity index (χ4v) is 12.7. The maximum atomic E-state index is 15.2. The van der Waals surface area contributed by atoms with Crippen molar-refractivity contribution in [2.24, 2.45) is 33.5 Å². The Morgan fingerprint density at radius 1 is 0.931 bits per heavy atom. The Morgan fingerprint density at radius 3 is 2.14 bits per heavy atom. The van der Waals surface area contributed by atoms with Gasteiger partial charge in [-0.25, -0.2) is 4.72 Å². The summed E-state index contributed by atoms with van der Waals surface area (Å²) in [6.45, 7) is 14.9. The summed E-state index contributed by atoms with van der Waals surface area (Å²) in [7, 11) is -4.11. The third kappa shape index (κ3) is 7.25. The van der Waals surface area contributed by atoms with Crippen LogP contribution in [0.5, 0.6) is 0 Å². The number of fused-ring (bicyclic) bond motifs is 1. The Labute approximate surface area is 343 Å². The quantitative estimate of drug-likeness (QED) is 0.218. The first-order chi connectivity index (χ1) is 27.3. The minimum absolute atomic E-state index is 0.0265. The van der Waals surface area contributed by atoms with E-state index in [9.17, 15) is 27.6 Å². The number of hydrogen-bond acceptors (Lipinski definition) is 8. The summed E-state index contributed by atoms with van der Waals surface area (Å²) < 4.78 is 29.8. The lowest BCUT2D eigenvalue weighted by Crippen LogP contribution is -2.62. The monoisotopic (exact) mass is 821 g/mol. The van der Waals surface area contributed by atoms with Gasteiger partial charge in [-0.05, 0) is 91.2 Å². The summed E-state index contributed by atoms with van der Waals surface area (Å²) in [5, 5.41) is 9.06. The first-order valence-electron chi connectivity index (χ1n) is 21.4. The molecule has 2 spiro atoms. The van der Waals surface area contributed by atoms with Gasteiger partial charge in [0.25, 0.3) is 5.91 Å². The van der Waals surface area contributed by atoms with E-state index in [-0.39, 0.29) is 40.9 Å². The van der Waals surface area contributed by atoms with Crippen molar-refractivity contribution in [3.63, 3.8) is 0 Å². The van der Waals surface area contributed by atoms with E-state index in [1.54, 1.807) is 35.5 Å². The molecule has 1 aromatic rings. The highest BCUT2D eigenvalue weighted by atomic mass is 32.2. The van der Waals surface area contributed by atoms with E-state index in [1.165, 1.54) is 4.31 Å². The number of nitrogens with zero attached hydrogens (tertiary/aromatic N) is 3. The SMILES string of the molecule is C=C[C@@H]1C[C@]1(NC(=O)[C@@H]1C[C@@]2(CN1C(=O)[C@@H](NC(=O)[C@@H](NC(=O)Cc1ccncc1)C1CCCCC1)C(C)(C)C)C(C)(C)C21CCC1)C(=O)NS(=O)(=O)N1CCCC1. The van der Waals surface area contributed by atoms with Gasteiger partial charge in [0.15, 0.2) is 0 Å². The van der Waals surface area contributed by atoms with Crippen molar-refractivity contribution in [3.8, 4) is 0 Å². The predicted molar refractivity (Wildman–Crippen MR) is 217 cm³/mol. The fraction of sp³-hybridized carbons (Fsp3) is 0.721. The molecule has 7 rings (SSSR count). The second-order valence-corrected chi connectivity index (χ2v) is 21.3. The van der Waals surface area contributed by atoms with Crippen LogP contribution in [0.2, 0.25) is 0 Å². The molecule has 15 heteroatoms. The van der Waals surface area contributed by atoms with Gasteiger partial charge in [-0.3, -0.25) is 29.0 Å². The number of pyridine rings is 1. The van der Waals surface area contributed by atoms with Gasteiger partial charge in [0, 0.05) is 43.4 Å². The standard InChI is InChI=1S/C43H63N7O7S/c1-7-30-25-43(30,38(55)48-58(56,57)49-22-11-12-23-49)47-35(52)31-26-42(40(5,6)41(42)18-13-19-41)27-50(31)37(54)34(39(2,3)4)46-36(53)33(29-14-9-8-10-15-29)45-32(51)24-28-16-20-44-21-17-28/h7,16-17,20-21,29-31,33-34H,1,8-15,18-19,22-27H2,2-6H3,(H,45,51)(H,46,53)(H,47,52)(H,48,55)/t30-,31+,33+,34-,42-,43-/m1/s1. The maximum Gasteiger partial charge on any atom is 0.303 e. The van der Waals surface area contributed by atoms with Crippen molar-refractivity contribution in [2.75, 3.05) is 19.6 Å². The van der Waals surface area contributed by atoms with Crippen molar-refractivity contribution in [3.05, 3.63) is 42.7 Å². The summed E-state index contributed by atoms with van der Waals surface area (Å²) in [5.41, 5.74) is -2.06. The molecule has 6 fully saturated rings. The van der Waals surface area contributed by atoms with Crippen LogP contribution in [0, 0.1) is 33.5 Å². The zero-order valence-corrected chi connectivity index (χ0v) is 35.7. The topological polar surface area (TPSA) is 187 Å². The first kappa shape index (κ1) is 42.3. The fourth-order valence-electron chi connectivity index (χ4n) is 11.4. The summed E-state index contributed by atoms with van der Waals surface area (Å²) in [4.78, 5) is 77.3. The molecule has 58 heavy (non-hydrogen) atoms. The van der Waals surface area contributed by atoms with Gasteiger partial charge in [-0.1, -0.05) is 66.4 Å². The van der Waals surface area contributed by atoms with Crippen LogP contribution < -0.4 is 20.7 Å². The minimum atomic E-state index is -4.11. The van der Waals surface area contributed by atoms with Crippen LogP contribution in [0.25, 0.3) is 0 Å². The van der Waals surface area contributed by atoms with Crippen LogP contribution in [-0.2, 0) is 40.6 Å². The lowest BCUT2D eigenvalue weighted by Gasteiger charge is -2.38. The maximum absolute atomic E-state index is 15.2. The molecule has 318 valence electrons. The molecular formula is C43H63N7O7S. The van der Waals surface area contributed by atoms with Gasteiger partial charge in [-0.15, -0.1) is 6.58 Å². The molecule has 14 nitrogen and oxygen atoms in total. The summed E-state index contributed by atoms with van der Waals surface area (Å²) in [6, 6.07) is 0.669. The lowest BCUT2D eigenvalue weighted by atomic mass is 9.73. The van der Waals surface area contributed by atoms with E-state index in [2.05, 4.69) is 46.1 Å². The number of likely N-dealkylation sites (tertiary alicyclic amines) is 1. The van der Waals surface area contributed by atoms with Gasteiger partial charge in [0.05, 0.1) is 6.42 Å². The molecule has 3 heterocycles. The van der Waals surface area contributed by atoms with Crippen LogP contribution in [0.1, 0.15) is 117 Å². The smallest absolute Gasteiger partial charge is 0.303 e. The number of nitrogens with one attached hydrogen (secondary N) is 4. The summed E-state index contributed by atoms with van der Waals surface area (Å²) in [5.74, 6) is -3.05. The zero-order valence-electron chi connectivity index (χ0n) is 34.9. The highest BCUT2D eigenvalue weighted by Gasteiger charge is 2.85. The highest BCUT2D eigenvalue weighted by molar-refractivity contribution is 7.87. The molecule has 1 aromatic heterocycles. The van der Waals surface area contributed by atoms with E-state index in [0.29, 0.717) is 38.9 Å². The lowest BCUT2D eigenvalue weighted by molar-refractivity contribution is -0.145. The number of hydrogen-bond donors (Lipinski definition) is 4. The number of carbonyl (C=O) groups excluding carboxylic acids is 5. The Bertz CT molecular complexity index is 1920. The van der Waals surface area contributed by atoms with E-state index < -0.39 is 68.8 Å². The van der Waals surface area contributed by atoms with Crippen LogP contribution in [-0.4, -0.2) is 95.4 Å². The van der Waals surface area contributed by atoms with Gasteiger partial charge in [0.1, 0.15) is 23.7 Å². The molecule has 4 aliphatic carbocycles. The number of amides is 5. The van der Waals surface area contributed by atoms with Gasteiger partial charge in [0.2, 0.25) is 23.6 Å². The average molecular weight is 822 g/mol. The molecule has 0 radical (unpaired) electrons. The molecule has 0 bridgehead atoms. The average Bonchev–Trinajstić information content (AvgIpc) is 3.62.